The molecule has 1 unspecified atom stereocenters. The van der Waals surface area contributed by atoms with E-state index in [0.717, 1.165) is 25.2 Å². The maximum absolute atomic E-state index is 11.4. The van der Waals surface area contributed by atoms with E-state index in [1.54, 1.807) is 24.7 Å². The summed E-state index contributed by atoms with van der Waals surface area (Å²) in [6.07, 6.45) is 5.72. The minimum absolute atomic E-state index is 0.133. The van der Waals surface area contributed by atoms with Gasteiger partial charge in [-0.05, 0) is 38.0 Å². The number of rotatable bonds is 7. The average molecular weight is 352 g/mol. The lowest BCUT2D eigenvalue weighted by molar-refractivity contribution is -0.143. The number of esters is 1. The summed E-state index contributed by atoms with van der Waals surface area (Å²) in [5, 5.41) is 11.7. The number of nitrogens with one attached hydrogen (secondary N) is 1. The Bertz CT molecular complexity index is 600. The van der Waals surface area contributed by atoms with Crippen LogP contribution in [0.2, 0.25) is 0 Å². The van der Waals surface area contributed by atoms with Gasteiger partial charge in [0.25, 0.3) is 0 Å². The van der Waals surface area contributed by atoms with Gasteiger partial charge >= 0.3 is 5.97 Å². The molecule has 24 heavy (non-hydrogen) atoms. The average Bonchev–Trinajstić information content (AvgIpc) is 2.96. The molecular weight excluding hydrogens is 328 g/mol. The molecule has 0 bridgehead atoms. The largest absolute Gasteiger partial charge is 0.466 e. The van der Waals surface area contributed by atoms with Crippen molar-refractivity contribution in [2.75, 3.05) is 19.7 Å². The molecule has 1 aromatic rings. The Labute approximate surface area is 146 Å². The standard InChI is InChI=1S/C16H24N4O3S/c1-3-23-16(22)5-4-8-20-14(11-18-19-20)9-13-10-17-7-6-15(13)24-12(2)21/h9,11,15,17H,3-8,10H2,1-2H3/b13-9+. The highest BCUT2D eigenvalue weighted by molar-refractivity contribution is 8.14. The number of carbonyl (C=O) groups is 2. The number of aromatic nitrogens is 3. The quantitative estimate of drug-likeness (QED) is 0.747. The van der Waals surface area contributed by atoms with E-state index in [4.69, 9.17) is 4.74 Å². The Morgan fingerprint density at radius 3 is 3.12 bits per heavy atom. The highest BCUT2D eigenvalue weighted by Gasteiger charge is 2.21. The molecule has 2 rings (SSSR count). The Morgan fingerprint density at radius 2 is 2.38 bits per heavy atom. The lowest BCUT2D eigenvalue weighted by Gasteiger charge is -2.24. The number of ether oxygens (including phenoxy) is 1. The second kappa shape index (κ2) is 9.58. The van der Waals surface area contributed by atoms with Gasteiger partial charge in [-0.2, -0.15) is 0 Å². The van der Waals surface area contributed by atoms with Gasteiger partial charge in [-0.1, -0.05) is 17.0 Å². The van der Waals surface area contributed by atoms with E-state index in [1.807, 2.05) is 0 Å². The smallest absolute Gasteiger partial charge is 0.305 e. The summed E-state index contributed by atoms with van der Waals surface area (Å²) < 4.78 is 6.71. The number of hydrogen-bond acceptors (Lipinski definition) is 7. The van der Waals surface area contributed by atoms with Gasteiger partial charge in [0.05, 0.1) is 18.5 Å². The zero-order chi connectivity index (χ0) is 17.4. The zero-order valence-corrected chi connectivity index (χ0v) is 15.0. The first-order valence-electron chi connectivity index (χ1n) is 8.22. The molecule has 1 aliphatic heterocycles. The number of nitrogens with zero attached hydrogens (tertiary/aromatic N) is 3. The van der Waals surface area contributed by atoms with E-state index in [0.29, 0.717) is 26.0 Å². The lowest BCUT2D eigenvalue weighted by Crippen LogP contribution is -2.32. The van der Waals surface area contributed by atoms with Gasteiger partial charge in [0.15, 0.2) is 5.12 Å². The molecule has 7 nitrogen and oxygen atoms in total. The molecule has 1 atom stereocenters. The highest BCUT2D eigenvalue weighted by Crippen LogP contribution is 2.26. The number of carbonyl (C=O) groups excluding carboxylic acids is 2. The van der Waals surface area contributed by atoms with Gasteiger partial charge in [-0.25, -0.2) is 4.68 Å². The van der Waals surface area contributed by atoms with Crippen LogP contribution >= 0.6 is 11.8 Å². The van der Waals surface area contributed by atoms with Crippen molar-refractivity contribution >= 4 is 28.9 Å². The van der Waals surface area contributed by atoms with Gasteiger partial charge in [0.2, 0.25) is 0 Å². The monoisotopic (exact) mass is 352 g/mol. The van der Waals surface area contributed by atoms with Crippen LogP contribution in [-0.2, 0) is 20.9 Å². The van der Waals surface area contributed by atoms with Gasteiger partial charge in [0, 0.05) is 31.7 Å². The summed E-state index contributed by atoms with van der Waals surface area (Å²) in [7, 11) is 0. The van der Waals surface area contributed by atoms with Gasteiger partial charge < -0.3 is 10.1 Å². The second-order valence-corrected chi connectivity index (χ2v) is 6.95. The topological polar surface area (TPSA) is 86.1 Å². The van der Waals surface area contributed by atoms with E-state index in [2.05, 4.69) is 21.7 Å². The van der Waals surface area contributed by atoms with Crippen molar-refractivity contribution in [2.45, 2.75) is 44.9 Å². The highest BCUT2D eigenvalue weighted by atomic mass is 32.2. The predicted octanol–water partition coefficient (Wildman–Crippen LogP) is 1.65. The van der Waals surface area contributed by atoms with Gasteiger partial charge in [0.1, 0.15) is 0 Å². The van der Waals surface area contributed by atoms with Crippen LogP contribution in [0.5, 0.6) is 0 Å². The number of aryl methyl sites for hydroxylation is 1. The van der Waals surface area contributed by atoms with Gasteiger partial charge in [-0.3, -0.25) is 9.59 Å². The number of thioether (sulfide) groups is 1. The Kier molecular flexibility index (Phi) is 7.45. The van der Waals surface area contributed by atoms with Crippen molar-refractivity contribution in [3.05, 3.63) is 17.5 Å². The predicted molar refractivity (Wildman–Crippen MR) is 93.4 cm³/mol. The first-order chi connectivity index (χ1) is 11.6. The van der Waals surface area contributed by atoms with E-state index < -0.39 is 0 Å². The zero-order valence-electron chi connectivity index (χ0n) is 14.2. The lowest BCUT2D eigenvalue weighted by atomic mass is 10.0. The van der Waals surface area contributed by atoms with Crippen LogP contribution in [0.25, 0.3) is 6.08 Å². The van der Waals surface area contributed by atoms with E-state index >= 15 is 0 Å². The van der Waals surface area contributed by atoms with Gasteiger partial charge in [-0.15, -0.1) is 5.10 Å². The van der Waals surface area contributed by atoms with E-state index in [1.165, 1.54) is 17.3 Å². The van der Waals surface area contributed by atoms with Crippen molar-refractivity contribution in [1.29, 1.82) is 0 Å². The Morgan fingerprint density at radius 1 is 1.54 bits per heavy atom. The molecule has 1 aromatic heterocycles. The molecule has 1 N–H and O–H groups in total. The SMILES string of the molecule is CCOC(=O)CCCn1nncc1/C=C1\CNCCC1SC(C)=O. The maximum Gasteiger partial charge on any atom is 0.305 e. The third kappa shape index (κ3) is 5.76. The second-order valence-electron chi connectivity index (χ2n) is 5.57. The molecule has 0 aromatic carbocycles. The summed E-state index contributed by atoms with van der Waals surface area (Å²) in [6, 6.07) is 0. The van der Waals surface area contributed by atoms with Crippen LogP contribution in [0.15, 0.2) is 11.8 Å². The summed E-state index contributed by atoms with van der Waals surface area (Å²) >= 11 is 1.38. The van der Waals surface area contributed by atoms with Crippen molar-refractivity contribution in [2.24, 2.45) is 0 Å². The normalized spacial score (nSPS) is 19.4. The first kappa shape index (κ1) is 18.7. The first-order valence-corrected chi connectivity index (χ1v) is 9.10. The molecule has 1 aliphatic rings. The molecular formula is C16H24N4O3S. The van der Waals surface area contributed by atoms with Crippen molar-refractivity contribution in [1.82, 2.24) is 20.3 Å². The molecule has 0 amide bonds. The fraction of sp³-hybridized carbons (Fsp3) is 0.625. The molecule has 2 heterocycles. The van der Waals surface area contributed by atoms with E-state index in [-0.39, 0.29) is 16.3 Å². The summed E-state index contributed by atoms with van der Waals surface area (Å²) in [5.74, 6) is -0.188. The number of piperidine rings is 1. The van der Waals surface area contributed by atoms with Crippen LogP contribution in [0.3, 0.4) is 0 Å². The Hall–Kier alpha value is -1.67. The molecule has 0 radical (unpaired) electrons. The third-order valence-electron chi connectivity index (χ3n) is 3.67. The summed E-state index contributed by atoms with van der Waals surface area (Å²) in [4.78, 5) is 22.8. The van der Waals surface area contributed by atoms with Crippen molar-refractivity contribution in [3.8, 4) is 0 Å². The van der Waals surface area contributed by atoms with Crippen LogP contribution in [-0.4, -0.2) is 51.0 Å². The van der Waals surface area contributed by atoms with Crippen LogP contribution in [0, 0.1) is 0 Å². The van der Waals surface area contributed by atoms with Crippen LogP contribution in [0.4, 0.5) is 0 Å². The van der Waals surface area contributed by atoms with Crippen LogP contribution in [0.1, 0.15) is 38.8 Å². The molecule has 132 valence electrons. The fourth-order valence-corrected chi connectivity index (χ4v) is 3.53. The molecule has 1 fully saturated rings. The molecule has 8 heteroatoms. The number of hydrogen-bond donors (Lipinski definition) is 1. The summed E-state index contributed by atoms with van der Waals surface area (Å²) in [5.41, 5.74) is 2.07. The fourth-order valence-electron chi connectivity index (χ4n) is 2.59. The summed E-state index contributed by atoms with van der Waals surface area (Å²) in [6.45, 7) is 6.09. The van der Waals surface area contributed by atoms with Crippen molar-refractivity contribution in [3.63, 3.8) is 0 Å². The third-order valence-corrected chi connectivity index (χ3v) is 4.83. The molecule has 0 spiro atoms. The van der Waals surface area contributed by atoms with Crippen LogP contribution < -0.4 is 5.32 Å². The van der Waals surface area contributed by atoms with E-state index in [9.17, 15) is 9.59 Å². The van der Waals surface area contributed by atoms with Crippen molar-refractivity contribution < 1.29 is 14.3 Å². The molecule has 0 saturated carbocycles. The minimum atomic E-state index is -0.188. The maximum atomic E-state index is 11.4. The minimum Gasteiger partial charge on any atom is -0.466 e. The molecule has 0 aliphatic carbocycles. The molecule has 1 saturated heterocycles. The Balaban J connectivity index is 1.99.